The second-order valence-electron chi connectivity index (χ2n) is 6.78. The van der Waals surface area contributed by atoms with E-state index in [2.05, 4.69) is 10.1 Å². The van der Waals surface area contributed by atoms with Gasteiger partial charge in [-0.1, -0.05) is 18.2 Å². The lowest BCUT2D eigenvalue weighted by Gasteiger charge is -2.36. The third kappa shape index (κ3) is 2.79. The number of piperidine rings is 1. The van der Waals surface area contributed by atoms with E-state index < -0.39 is 0 Å². The monoisotopic (exact) mass is 339 g/mol. The molecule has 7 nitrogen and oxygen atoms in total. The first kappa shape index (κ1) is 15.8. The van der Waals surface area contributed by atoms with Crippen molar-refractivity contribution in [2.75, 3.05) is 20.1 Å². The van der Waals surface area contributed by atoms with E-state index in [1.807, 2.05) is 36.2 Å². The van der Waals surface area contributed by atoms with Crippen LogP contribution in [-0.2, 0) is 11.3 Å². The lowest BCUT2D eigenvalue weighted by atomic mass is 9.90. The molecule has 2 atom stereocenters. The smallest absolute Gasteiger partial charge is 0.254 e. The lowest BCUT2D eigenvalue weighted by Crippen LogP contribution is -2.49. The van der Waals surface area contributed by atoms with Gasteiger partial charge in [0.2, 0.25) is 5.91 Å². The SMILES string of the molecule is CN1C[C@@H]2[C@@H](CCCN2C(=O)c2ccccc2Cn2cncn2)C1=O. The van der Waals surface area contributed by atoms with Crippen molar-refractivity contribution in [2.45, 2.75) is 25.4 Å². The number of amides is 2. The summed E-state index contributed by atoms with van der Waals surface area (Å²) in [5, 5.41) is 4.13. The second-order valence-corrected chi connectivity index (χ2v) is 6.78. The molecule has 7 heteroatoms. The molecule has 2 fully saturated rings. The molecule has 4 rings (SSSR count). The normalized spacial score (nSPS) is 23.0. The third-order valence-electron chi connectivity index (χ3n) is 5.24. The zero-order valence-corrected chi connectivity index (χ0v) is 14.2. The van der Waals surface area contributed by atoms with Gasteiger partial charge in [-0.2, -0.15) is 5.10 Å². The Labute approximate surface area is 146 Å². The Morgan fingerprint density at radius 1 is 1.32 bits per heavy atom. The van der Waals surface area contributed by atoms with Crippen molar-refractivity contribution in [1.82, 2.24) is 24.6 Å². The van der Waals surface area contributed by atoms with Crippen LogP contribution in [0.15, 0.2) is 36.9 Å². The quantitative estimate of drug-likeness (QED) is 0.837. The highest BCUT2D eigenvalue weighted by Gasteiger charge is 2.45. The molecule has 25 heavy (non-hydrogen) atoms. The first-order valence-corrected chi connectivity index (χ1v) is 8.61. The van der Waals surface area contributed by atoms with Crippen molar-refractivity contribution in [3.8, 4) is 0 Å². The lowest BCUT2D eigenvalue weighted by molar-refractivity contribution is -0.130. The van der Waals surface area contributed by atoms with E-state index in [0.29, 0.717) is 25.2 Å². The summed E-state index contributed by atoms with van der Waals surface area (Å²) >= 11 is 0. The number of rotatable bonds is 3. The van der Waals surface area contributed by atoms with Gasteiger partial charge in [-0.25, -0.2) is 9.67 Å². The largest absolute Gasteiger partial charge is 0.343 e. The number of carbonyl (C=O) groups excluding carboxylic acids is 2. The van der Waals surface area contributed by atoms with Crippen LogP contribution in [-0.4, -0.2) is 62.6 Å². The molecule has 2 amide bonds. The van der Waals surface area contributed by atoms with Gasteiger partial charge in [0, 0.05) is 25.7 Å². The molecule has 2 saturated heterocycles. The highest BCUT2D eigenvalue weighted by Crippen LogP contribution is 2.32. The summed E-state index contributed by atoms with van der Waals surface area (Å²) in [7, 11) is 1.82. The maximum absolute atomic E-state index is 13.3. The van der Waals surface area contributed by atoms with Crippen LogP contribution in [0.5, 0.6) is 0 Å². The summed E-state index contributed by atoms with van der Waals surface area (Å²) < 4.78 is 1.71. The van der Waals surface area contributed by atoms with Gasteiger partial charge >= 0.3 is 0 Å². The number of fused-ring (bicyclic) bond motifs is 1. The number of hydrogen-bond donors (Lipinski definition) is 0. The van der Waals surface area contributed by atoms with Crippen LogP contribution in [0.1, 0.15) is 28.8 Å². The standard InChI is InChI=1S/C18H21N5O2/c1-21-10-16-15(17(21)24)7-4-8-23(16)18(25)14-6-3-2-5-13(14)9-22-12-19-11-20-22/h2-3,5-6,11-12,15-16H,4,7-10H2,1H3/t15-,16-/m1/s1. The minimum Gasteiger partial charge on any atom is -0.343 e. The molecule has 2 aliphatic heterocycles. The molecule has 0 unspecified atom stereocenters. The van der Waals surface area contributed by atoms with Gasteiger partial charge in [0.15, 0.2) is 0 Å². The molecule has 0 radical (unpaired) electrons. The predicted molar refractivity (Wildman–Crippen MR) is 90.8 cm³/mol. The van der Waals surface area contributed by atoms with Gasteiger partial charge in [0.05, 0.1) is 18.5 Å². The van der Waals surface area contributed by atoms with Crippen LogP contribution in [0.2, 0.25) is 0 Å². The van der Waals surface area contributed by atoms with Gasteiger partial charge in [-0.15, -0.1) is 0 Å². The van der Waals surface area contributed by atoms with Gasteiger partial charge < -0.3 is 9.80 Å². The van der Waals surface area contributed by atoms with Crippen molar-refractivity contribution in [2.24, 2.45) is 5.92 Å². The van der Waals surface area contributed by atoms with Crippen LogP contribution in [0, 0.1) is 5.92 Å². The van der Waals surface area contributed by atoms with Gasteiger partial charge in [-0.05, 0) is 24.5 Å². The number of likely N-dealkylation sites (tertiary alicyclic amines) is 2. The summed E-state index contributed by atoms with van der Waals surface area (Å²) in [5.74, 6) is 0.122. The van der Waals surface area contributed by atoms with Crippen molar-refractivity contribution in [1.29, 1.82) is 0 Å². The molecule has 2 aliphatic rings. The predicted octanol–water partition coefficient (Wildman–Crippen LogP) is 1.02. The van der Waals surface area contributed by atoms with E-state index in [4.69, 9.17) is 0 Å². The van der Waals surface area contributed by atoms with Gasteiger partial charge in [0.1, 0.15) is 12.7 Å². The van der Waals surface area contributed by atoms with E-state index in [-0.39, 0.29) is 23.8 Å². The van der Waals surface area contributed by atoms with Crippen molar-refractivity contribution < 1.29 is 9.59 Å². The van der Waals surface area contributed by atoms with Gasteiger partial charge in [0.25, 0.3) is 5.91 Å². The van der Waals surface area contributed by atoms with Gasteiger partial charge in [-0.3, -0.25) is 9.59 Å². The maximum Gasteiger partial charge on any atom is 0.254 e. The molecule has 0 bridgehead atoms. The summed E-state index contributed by atoms with van der Waals surface area (Å²) in [4.78, 5) is 33.2. The number of hydrogen-bond acceptors (Lipinski definition) is 4. The van der Waals surface area contributed by atoms with E-state index >= 15 is 0 Å². The van der Waals surface area contributed by atoms with Crippen LogP contribution >= 0.6 is 0 Å². The Morgan fingerprint density at radius 2 is 2.16 bits per heavy atom. The van der Waals surface area contributed by atoms with Crippen molar-refractivity contribution in [3.63, 3.8) is 0 Å². The molecule has 0 saturated carbocycles. The minimum atomic E-state index is -0.0508. The number of benzene rings is 1. The number of carbonyl (C=O) groups is 2. The average molecular weight is 339 g/mol. The van der Waals surface area contributed by atoms with Crippen molar-refractivity contribution >= 4 is 11.8 Å². The first-order valence-electron chi connectivity index (χ1n) is 8.61. The van der Waals surface area contributed by atoms with Crippen LogP contribution in [0.4, 0.5) is 0 Å². The Morgan fingerprint density at radius 3 is 2.96 bits per heavy atom. The molecule has 0 spiro atoms. The maximum atomic E-state index is 13.3. The average Bonchev–Trinajstić information content (AvgIpc) is 3.23. The molecule has 1 aromatic carbocycles. The summed E-state index contributed by atoms with van der Waals surface area (Å²) in [5.41, 5.74) is 1.60. The summed E-state index contributed by atoms with van der Waals surface area (Å²) in [6, 6.07) is 7.60. The summed E-state index contributed by atoms with van der Waals surface area (Å²) in [6.45, 7) is 1.84. The second kappa shape index (κ2) is 6.31. The Balaban J connectivity index is 1.62. The fourth-order valence-corrected chi connectivity index (χ4v) is 3.99. The van der Waals surface area contributed by atoms with E-state index in [1.165, 1.54) is 6.33 Å². The van der Waals surface area contributed by atoms with Crippen LogP contribution < -0.4 is 0 Å². The Bertz CT molecular complexity index is 789. The molecule has 0 N–H and O–H groups in total. The number of likely N-dealkylation sites (N-methyl/N-ethyl adjacent to an activating group) is 1. The third-order valence-corrected chi connectivity index (χ3v) is 5.24. The van der Waals surface area contributed by atoms with Crippen molar-refractivity contribution in [3.05, 3.63) is 48.0 Å². The zero-order chi connectivity index (χ0) is 17.4. The minimum absolute atomic E-state index is 0.00788. The van der Waals surface area contributed by atoms with E-state index in [1.54, 1.807) is 15.9 Å². The summed E-state index contributed by atoms with van der Waals surface area (Å²) in [6.07, 6.45) is 4.87. The molecule has 3 heterocycles. The Hall–Kier alpha value is -2.70. The number of aromatic nitrogens is 3. The van der Waals surface area contributed by atoms with E-state index in [9.17, 15) is 9.59 Å². The molecule has 1 aromatic heterocycles. The topological polar surface area (TPSA) is 71.3 Å². The van der Waals surface area contributed by atoms with E-state index in [0.717, 1.165) is 18.4 Å². The number of nitrogens with zero attached hydrogens (tertiary/aromatic N) is 5. The molecular formula is C18H21N5O2. The Kier molecular flexibility index (Phi) is 3.99. The highest BCUT2D eigenvalue weighted by atomic mass is 16.2. The molecule has 130 valence electrons. The fourth-order valence-electron chi connectivity index (χ4n) is 3.99. The van der Waals surface area contributed by atoms with Crippen LogP contribution in [0.25, 0.3) is 0 Å². The molecule has 0 aliphatic carbocycles. The first-order chi connectivity index (χ1) is 12.1. The fraction of sp³-hybridized carbons (Fsp3) is 0.444. The molecular weight excluding hydrogens is 318 g/mol. The highest BCUT2D eigenvalue weighted by molar-refractivity contribution is 5.97. The molecule has 2 aromatic rings. The van der Waals surface area contributed by atoms with Crippen LogP contribution in [0.3, 0.4) is 0 Å². The zero-order valence-electron chi connectivity index (χ0n) is 14.2.